The molecule has 15 rings (SSSR count). The minimum atomic E-state index is -1.74. The molecule has 0 bridgehead atoms. The molecule has 2 amide bonds. The van der Waals surface area contributed by atoms with Gasteiger partial charge in [0.15, 0.2) is 45.7 Å². The number of pyridine rings is 1. The fraction of sp³-hybridized carbons (Fsp3) is 0.232. The van der Waals surface area contributed by atoms with Crippen LogP contribution in [0.3, 0.4) is 0 Å². The van der Waals surface area contributed by atoms with E-state index in [4.69, 9.17) is 49.6 Å². The van der Waals surface area contributed by atoms with Crippen molar-refractivity contribution in [2.75, 3.05) is 55.9 Å². The van der Waals surface area contributed by atoms with E-state index in [0.29, 0.717) is 92.3 Å². The zero-order valence-electron chi connectivity index (χ0n) is 53.0. The molecule has 30 heteroatoms. The third-order valence-corrected chi connectivity index (χ3v) is 16.6. The number of carbonyl (C=O) groups is 2. The molecule has 2 aliphatic heterocycles. The van der Waals surface area contributed by atoms with Crippen molar-refractivity contribution in [3.8, 4) is 59.0 Å². The number of hydrogen-bond donors (Lipinski definition) is 6. The Hall–Kier alpha value is -12.6. The Morgan fingerprint density at radius 3 is 2.05 bits per heavy atom. The summed E-state index contributed by atoms with van der Waals surface area (Å²) in [5.41, 5.74) is 9.68. The molecule has 4 unspecified atom stereocenters. The molecule has 2 fully saturated rings. The maximum Gasteiger partial charge on any atom is 0.303 e. The predicted octanol–water partition coefficient (Wildman–Crippen LogP) is 4.71. The van der Waals surface area contributed by atoms with Crippen molar-refractivity contribution in [1.29, 1.82) is 0 Å². The Morgan fingerprint density at radius 2 is 1.33 bits per heavy atom. The molecule has 9 aromatic heterocycles. The molecule has 30 nitrogen and oxygen atoms in total. The fourth-order valence-electron chi connectivity index (χ4n) is 11.6. The van der Waals surface area contributed by atoms with Gasteiger partial charge in [0.05, 0.1) is 66.8 Å². The van der Waals surface area contributed by atoms with E-state index in [1.807, 2.05) is 37.3 Å². The highest BCUT2D eigenvalue weighted by Crippen LogP contribution is 2.36. The Morgan fingerprint density at radius 1 is 0.687 bits per heavy atom. The van der Waals surface area contributed by atoms with Gasteiger partial charge in [-0.15, -0.1) is 0 Å². The number of ether oxygens (including phenoxy) is 2. The van der Waals surface area contributed by atoms with Crippen LogP contribution in [0.1, 0.15) is 87.8 Å². The maximum absolute atomic E-state index is 14.7. The third kappa shape index (κ3) is 12.4. The van der Waals surface area contributed by atoms with Gasteiger partial charge >= 0.3 is 6.01 Å². The van der Waals surface area contributed by atoms with Gasteiger partial charge in [-0.05, 0) is 106 Å². The van der Waals surface area contributed by atoms with Gasteiger partial charge < -0.3 is 50.1 Å². The minimum Gasteiger partial charge on any atom is -0.465 e. The molecule has 12 aromatic rings. The van der Waals surface area contributed by atoms with Crippen molar-refractivity contribution in [1.82, 2.24) is 88.8 Å². The smallest absolute Gasteiger partial charge is 0.303 e. The molecular formula is C69H57N21O9. The number of fused-ring (bicyclic) bond motifs is 4. The second-order valence-corrected chi connectivity index (χ2v) is 23.6. The molecule has 11 heterocycles. The molecule has 7 N–H and O–H groups in total. The summed E-state index contributed by atoms with van der Waals surface area (Å²) in [6.07, 6.45) is 11.8. The van der Waals surface area contributed by atoms with Crippen LogP contribution in [0.4, 0.5) is 17.8 Å². The van der Waals surface area contributed by atoms with E-state index >= 15 is 0 Å². The van der Waals surface area contributed by atoms with Crippen molar-refractivity contribution in [3.63, 3.8) is 0 Å². The van der Waals surface area contributed by atoms with Gasteiger partial charge in [-0.3, -0.25) is 19.4 Å². The minimum absolute atomic E-state index is 0.00577. The standard InChI is InChI=1S/C69H57N21O9/c1-4-96-66-78-48-13-10-43(16-23-69(95)24-17-44-7-5-25-71-58(44)69)37-51(48)88(66)52-18-29-77-65(80-52)85-99-45-38-87(39-45)60(92)57-47-12-9-42(15-22-68(3,94)62-74-31-33-98-62)36-50(47)90(84-57)54-20-30-76-64(81-54)82-55-40-86(32-34-97-55)59(91)56-46-11-8-41(14-21-67(2,93)61-72-26-6-27-73-61)35-49(46)89(83-56)53-19-28-75-63(70)79-53/h5-13,18-20,25-31,33,35-37,45,55,93-95H,4,17,24,32,34,38-40H2,1-3H3,(H2,70,75,79)(H,76,81,82)(H,77,80,85). The first-order chi connectivity index (χ1) is 48.0. The van der Waals surface area contributed by atoms with Crippen molar-refractivity contribution >= 4 is 62.5 Å². The zero-order valence-corrected chi connectivity index (χ0v) is 53.0. The average Bonchev–Trinajstić information content (AvgIpc) is 1.63. The molecule has 2 saturated heterocycles. The largest absolute Gasteiger partial charge is 0.465 e. The summed E-state index contributed by atoms with van der Waals surface area (Å²) < 4.78 is 22.2. The highest BCUT2D eigenvalue weighted by Gasteiger charge is 2.38. The van der Waals surface area contributed by atoms with Crippen molar-refractivity contribution in [3.05, 3.63) is 192 Å². The van der Waals surface area contributed by atoms with Crippen LogP contribution in [0.15, 0.2) is 145 Å². The van der Waals surface area contributed by atoms with Crippen LogP contribution >= 0.6 is 0 Å². The van der Waals surface area contributed by atoms with Gasteiger partial charge in [-0.2, -0.15) is 30.1 Å². The van der Waals surface area contributed by atoms with Crippen LogP contribution in [0, 0.1) is 35.5 Å². The molecule has 0 saturated carbocycles. The van der Waals surface area contributed by atoms with Gasteiger partial charge in [0.25, 0.3) is 11.8 Å². The van der Waals surface area contributed by atoms with E-state index < -0.39 is 40.9 Å². The fourth-order valence-corrected chi connectivity index (χ4v) is 11.6. The molecule has 3 aromatic carbocycles. The first-order valence-corrected chi connectivity index (χ1v) is 31.3. The van der Waals surface area contributed by atoms with E-state index in [9.17, 15) is 24.9 Å². The zero-order chi connectivity index (χ0) is 68.0. The number of imidazole rings is 1. The van der Waals surface area contributed by atoms with Gasteiger partial charge in [-0.1, -0.05) is 41.6 Å². The summed E-state index contributed by atoms with van der Waals surface area (Å²) in [6, 6.07) is 26.5. The molecule has 492 valence electrons. The number of rotatable bonds is 14. The number of nitrogens with two attached hydrogens (primary N) is 1. The number of oxazole rings is 1. The lowest BCUT2D eigenvalue weighted by Gasteiger charge is -2.37. The number of aliphatic hydroxyl groups is 3. The number of hydrogen-bond acceptors (Lipinski definition) is 25. The Balaban J connectivity index is 0.657. The predicted molar refractivity (Wildman–Crippen MR) is 354 cm³/mol. The number of nitrogens with one attached hydrogen (secondary N) is 2. The van der Waals surface area contributed by atoms with Crippen LogP contribution in [0.2, 0.25) is 0 Å². The number of nitrogens with zero attached hydrogens (tertiary/aromatic N) is 18. The highest BCUT2D eigenvalue weighted by atomic mass is 16.7. The lowest BCUT2D eigenvalue weighted by atomic mass is 10.0. The SMILES string of the molecule is CCOc1nc2ccc(C#CC3(O)CCc4cccnc43)cc2n1-c1ccnc(NOC2CN(C(=O)c3nn(-c4ccnc(NC5CN(C(=O)c6nn(-c7ccnc(N)n7)c7cc(C#CC(C)(O)c8ncccn8)ccc67)CCO5)n4)c4cc(C#CC(C)(O)c5ncco5)ccc34)C2)n1. The van der Waals surface area contributed by atoms with Gasteiger partial charge in [0.1, 0.15) is 24.4 Å². The second kappa shape index (κ2) is 25.5. The van der Waals surface area contributed by atoms with E-state index in [2.05, 4.69) is 86.2 Å². The Bertz CT molecular complexity index is 5350. The lowest BCUT2D eigenvalue weighted by molar-refractivity contribution is -0.0211. The van der Waals surface area contributed by atoms with Crippen LogP contribution in [-0.4, -0.2) is 168 Å². The summed E-state index contributed by atoms with van der Waals surface area (Å²) in [5.74, 6) is 18.5. The molecular weight excluding hydrogens is 1270 g/mol. The molecule has 99 heavy (non-hydrogen) atoms. The van der Waals surface area contributed by atoms with Gasteiger partial charge in [-0.25, -0.2) is 49.3 Å². The van der Waals surface area contributed by atoms with Gasteiger partial charge in [0.2, 0.25) is 23.7 Å². The van der Waals surface area contributed by atoms with E-state index in [0.717, 1.165) is 5.56 Å². The van der Waals surface area contributed by atoms with Crippen molar-refractivity contribution < 1.29 is 43.6 Å². The summed E-state index contributed by atoms with van der Waals surface area (Å²) in [4.78, 5) is 87.1. The van der Waals surface area contributed by atoms with Crippen molar-refractivity contribution in [2.45, 2.75) is 62.7 Å². The average molecular weight is 1320 g/mol. The van der Waals surface area contributed by atoms with E-state index in [-0.39, 0.29) is 79.6 Å². The number of amides is 2. The number of aromatic nitrogens is 16. The van der Waals surface area contributed by atoms with E-state index in [1.54, 1.807) is 87.4 Å². The quantitative estimate of drug-likeness (QED) is 0.0634. The molecule has 0 radical (unpaired) electrons. The van der Waals surface area contributed by atoms with Crippen LogP contribution < -0.4 is 21.3 Å². The van der Waals surface area contributed by atoms with Crippen LogP contribution in [-0.2, 0) is 32.8 Å². The topological polar surface area (TPSA) is 375 Å². The molecule has 3 aliphatic rings. The van der Waals surface area contributed by atoms with Crippen LogP contribution in [0.5, 0.6) is 6.01 Å². The highest BCUT2D eigenvalue weighted by molar-refractivity contribution is 6.06. The molecule has 0 spiro atoms. The number of nitrogen functional groups attached to an aromatic ring is 1. The molecule has 1 aliphatic carbocycles. The summed E-state index contributed by atoms with van der Waals surface area (Å²) in [7, 11) is 0. The summed E-state index contributed by atoms with van der Waals surface area (Å²) in [6.45, 7) is 5.88. The number of morpholine rings is 1. The Kier molecular flexibility index (Phi) is 16.1. The number of anilines is 3. The number of likely N-dealkylation sites (tertiary alicyclic amines) is 1. The van der Waals surface area contributed by atoms with E-state index in [1.165, 1.54) is 60.5 Å². The van der Waals surface area contributed by atoms with Crippen molar-refractivity contribution in [2.24, 2.45) is 0 Å². The number of carbonyl (C=O) groups excluding carboxylic acids is 2. The maximum atomic E-state index is 14.7. The van der Waals surface area contributed by atoms with Crippen LogP contribution in [0.25, 0.3) is 50.3 Å². The first kappa shape index (κ1) is 62.5. The first-order valence-electron chi connectivity index (χ1n) is 31.3. The number of aryl methyl sites for hydroxylation is 1. The molecule has 4 atom stereocenters. The summed E-state index contributed by atoms with van der Waals surface area (Å²) >= 11 is 0. The number of benzene rings is 3. The lowest BCUT2D eigenvalue weighted by Crippen LogP contribution is -2.55. The third-order valence-electron chi connectivity index (χ3n) is 16.6. The monoisotopic (exact) mass is 1320 g/mol. The van der Waals surface area contributed by atoms with Gasteiger partial charge in [0, 0.05) is 89.4 Å². The second-order valence-electron chi connectivity index (χ2n) is 23.6. The summed E-state index contributed by atoms with van der Waals surface area (Å²) in [5, 5.41) is 47.7. The Labute approximate surface area is 561 Å². The normalized spacial score (nSPS) is 17.1.